The van der Waals surface area contributed by atoms with Gasteiger partial charge in [-0.05, 0) is 43.0 Å². The second kappa shape index (κ2) is 4.15. The number of ether oxygens (including phenoxy) is 1. The molecule has 12 heavy (non-hydrogen) atoms. The normalized spacial score (nSPS) is 9.92. The van der Waals surface area contributed by atoms with E-state index in [1.165, 1.54) is 11.1 Å². The maximum Gasteiger partial charge on any atom is 0.119 e. The lowest BCUT2D eigenvalue weighted by Crippen LogP contribution is -1.90. The van der Waals surface area contributed by atoms with Gasteiger partial charge in [0, 0.05) is 0 Å². The van der Waals surface area contributed by atoms with Crippen molar-refractivity contribution in [2.75, 3.05) is 7.11 Å². The molecular weight excluding hydrogens is 148 g/mol. The molecule has 0 aliphatic rings. The number of methoxy groups -OCH3 is 1. The Morgan fingerprint density at radius 1 is 1.42 bits per heavy atom. The van der Waals surface area contributed by atoms with Gasteiger partial charge in [0.25, 0.3) is 0 Å². The van der Waals surface area contributed by atoms with Crippen LogP contribution in [0.2, 0.25) is 0 Å². The van der Waals surface area contributed by atoms with Gasteiger partial charge in [-0.25, -0.2) is 0 Å². The quantitative estimate of drug-likeness (QED) is 0.665. The fourth-order valence-electron chi connectivity index (χ4n) is 1.23. The Morgan fingerprint density at radius 2 is 2.17 bits per heavy atom. The fourth-order valence-corrected chi connectivity index (χ4v) is 1.23. The Hall–Kier alpha value is -0.980. The van der Waals surface area contributed by atoms with Gasteiger partial charge in [-0.3, -0.25) is 0 Å². The van der Waals surface area contributed by atoms with Crippen LogP contribution in [0.15, 0.2) is 18.2 Å². The van der Waals surface area contributed by atoms with E-state index in [1.807, 2.05) is 6.07 Å². The number of rotatable bonds is 3. The molecule has 0 amide bonds. The van der Waals surface area contributed by atoms with Gasteiger partial charge in [0.15, 0.2) is 0 Å². The van der Waals surface area contributed by atoms with E-state index >= 15 is 0 Å². The van der Waals surface area contributed by atoms with E-state index in [9.17, 15) is 0 Å². The molecule has 65 valence electrons. The number of benzene rings is 1. The van der Waals surface area contributed by atoms with Gasteiger partial charge in [0.2, 0.25) is 0 Å². The lowest BCUT2D eigenvalue weighted by atomic mass is 10.0. The molecule has 0 aliphatic heterocycles. The lowest BCUT2D eigenvalue weighted by molar-refractivity contribution is 0.414. The van der Waals surface area contributed by atoms with Crippen LogP contribution < -0.4 is 4.74 Å². The van der Waals surface area contributed by atoms with Crippen LogP contribution in [-0.4, -0.2) is 7.11 Å². The fraction of sp³-hybridized carbons (Fsp3) is 0.364. The zero-order chi connectivity index (χ0) is 8.97. The predicted octanol–water partition coefficient (Wildman–Crippen LogP) is 2.77. The monoisotopic (exact) mass is 163 g/mol. The highest BCUT2D eigenvalue weighted by atomic mass is 16.5. The summed E-state index contributed by atoms with van der Waals surface area (Å²) in [6, 6.07) is 6.16. The summed E-state index contributed by atoms with van der Waals surface area (Å²) in [6.45, 7) is 5.95. The standard InChI is InChI=1S/C11H15O/c1-4-5-10-8-11(12-3)7-6-9(10)2/h6-8H,1,4-5H2,2-3H3. The van der Waals surface area contributed by atoms with E-state index in [2.05, 4.69) is 26.0 Å². The van der Waals surface area contributed by atoms with Gasteiger partial charge in [-0.1, -0.05) is 13.0 Å². The summed E-state index contributed by atoms with van der Waals surface area (Å²) in [7, 11) is 1.69. The summed E-state index contributed by atoms with van der Waals surface area (Å²) >= 11 is 0. The number of hydrogen-bond donors (Lipinski definition) is 0. The summed E-state index contributed by atoms with van der Waals surface area (Å²) in [5.41, 5.74) is 2.66. The van der Waals surface area contributed by atoms with Gasteiger partial charge >= 0.3 is 0 Å². The Kier molecular flexibility index (Phi) is 3.15. The summed E-state index contributed by atoms with van der Waals surface area (Å²) in [6.07, 6.45) is 1.97. The molecule has 0 aliphatic carbocycles. The second-order valence-corrected chi connectivity index (χ2v) is 2.90. The third-order valence-corrected chi connectivity index (χ3v) is 2.00. The van der Waals surface area contributed by atoms with Crippen LogP contribution in [0.4, 0.5) is 0 Å². The molecule has 0 saturated carbocycles. The molecule has 1 aromatic rings. The summed E-state index contributed by atoms with van der Waals surface area (Å²) in [4.78, 5) is 0. The predicted molar refractivity (Wildman–Crippen MR) is 51.4 cm³/mol. The first-order valence-corrected chi connectivity index (χ1v) is 4.20. The maximum atomic E-state index is 5.14. The van der Waals surface area contributed by atoms with Gasteiger partial charge in [-0.15, -0.1) is 0 Å². The van der Waals surface area contributed by atoms with Crippen molar-refractivity contribution >= 4 is 0 Å². The molecule has 0 bridgehead atoms. The van der Waals surface area contributed by atoms with Crippen molar-refractivity contribution in [3.05, 3.63) is 36.2 Å². The molecule has 1 radical (unpaired) electrons. The van der Waals surface area contributed by atoms with E-state index in [4.69, 9.17) is 4.74 Å². The minimum Gasteiger partial charge on any atom is -0.497 e. The number of aryl methyl sites for hydroxylation is 2. The molecule has 0 fully saturated rings. The van der Waals surface area contributed by atoms with Crippen LogP contribution in [0, 0.1) is 13.8 Å². The molecule has 1 rings (SSSR count). The van der Waals surface area contributed by atoms with Crippen LogP contribution in [0.25, 0.3) is 0 Å². The average Bonchev–Trinajstić information content (AvgIpc) is 2.09. The summed E-state index contributed by atoms with van der Waals surface area (Å²) < 4.78 is 5.14. The van der Waals surface area contributed by atoms with E-state index in [1.54, 1.807) is 7.11 Å². The third-order valence-electron chi connectivity index (χ3n) is 2.00. The SMILES string of the molecule is [CH2]CCc1cc(OC)ccc1C. The molecular formula is C11H15O. The van der Waals surface area contributed by atoms with Crippen molar-refractivity contribution < 1.29 is 4.74 Å². The van der Waals surface area contributed by atoms with Crippen LogP contribution in [-0.2, 0) is 6.42 Å². The molecule has 0 atom stereocenters. The molecule has 1 aromatic carbocycles. The molecule has 0 heterocycles. The van der Waals surface area contributed by atoms with Gasteiger partial charge in [0.05, 0.1) is 7.11 Å². The largest absolute Gasteiger partial charge is 0.497 e. The molecule has 0 N–H and O–H groups in total. The van der Waals surface area contributed by atoms with E-state index in [-0.39, 0.29) is 0 Å². The Labute approximate surface area is 74.4 Å². The second-order valence-electron chi connectivity index (χ2n) is 2.90. The van der Waals surface area contributed by atoms with Gasteiger partial charge < -0.3 is 4.74 Å². The van der Waals surface area contributed by atoms with Crippen molar-refractivity contribution in [3.63, 3.8) is 0 Å². The molecule has 0 unspecified atom stereocenters. The van der Waals surface area contributed by atoms with Crippen molar-refractivity contribution in [2.45, 2.75) is 19.8 Å². The minimum atomic E-state index is 0.934. The molecule has 1 nitrogen and oxygen atoms in total. The third kappa shape index (κ3) is 2.00. The Bertz CT molecular complexity index is 253. The van der Waals surface area contributed by atoms with Gasteiger partial charge in [-0.2, -0.15) is 0 Å². The lowest BCUT2D eigenvalue weighted by Gasteiger charge is -2.06. The Morgan fingerprint density at radius 3 is 2.75 bits per heavy atom. The van der Waals surface area contributed by atoms with E-state index in [0.29, 0.717) is 0 Å². The van der Waals surface area contributed by atoms with E-state index < -0.39 is 0 Å². The van der Waals surface area contributed by atoms with E-state index in [0.717, 1.165) is 18.6 Å². The highest BCUT2D eigenvalue weighted by Crippen LogP contribution is 2.17. The average molecular weight is 163 g/mol. The molecule has 1 heteroatoms. The maximum absolute atomic E-state index is 5.14. The van der Waals surface area contributed by atoms with Crippen molar-refractivity contribution in [1.82, 2.24) is 0 Å². The first kappa shape index (κ1) is 9.11. The Balaban J connectivity index is 2.91. The highest BCUT2D eigenvalue weighted by Gasteiger charge is 1.98. The zero-order valence-electron chi connectivity index (χ0n) is 7.76. The first-order valence-electron chi connectivity index (χ1n) is 4.20. The van der Waals surface area contributed by atoms with Crippen molar-refractivity contribution in [2.24, 2.45) is 0 Å². The van der Waals surface area contributed by atoms with Crippen LogP contribution in [0.3, 0.4) is 0 Å². The number of hydrogen-bond acceptors (Lipinski definition) is 1. The molecule has 0 spiro atoms. The highest BCUT2D eigenvalue weighted by molar-refractivity contribution is 5.34. The van der Waals surface area contributed by atoms with Crippen LogP contribution in [0.5, 0.6) is 5.75 Å². The van der Waals surface area contributed by atoms with Crippen molar-refractivity contribution in [1.29, 1.82) is 0 Å². The van der Waals surface area contributed by atoms with Crippen LogP contribution in [0.1, 0.15) is 17.5 Å². The summed E-state index contributed by atoms with van der Waals surface area (Å²) in [5, 5.41) is 0. The zero-order valence-corrected chi connectivity index (χ0v) is 7.76. The molecule has 0 aromatic heterocycles. The van der Waals surface area contributed by atoms with Gasteiger partial charge in [0.1, 0.15) is 5.75 Å². The topological polar surface area (TPSA) is 9.23 Å². The van der Waals surface area contributed by atoms with Crippen molar-refractivity contribution in [3.8, 4) is 5.75 Å². The minimum absolute atomic E-state index is 0.934. The summed E-state index contributed by atoms with van der Waals surface area (Å²) in [5.74, 6) is 0.934. The molecule has 0 saturated heterocycles. The smallest absolute Gasteiger partial charge is 0.119 e. The van der Waals surface area contributed by atoms with Crippen LogP contribution >= 0.6 is 0 Å². The first-order chi connectivity index (χ1) is 5.77.